The fraction of sp³-hybridized carbons (Fsp3) is 0.261. The SMILES string of the molecule is O=C(COc1cccc(Br)c1)N/N=C/c1cn(CC(=O)N2CCOCC2)c2ccccc12. The Balaban J connectivity index is 1.39. The predicted octanol–water partition coefficient (Wildman–Crippen LogP) is 2.79. The molecular formula is C23H23BrN4O4. The average molecular weight is 499 g/mol. The zero-order valence-electron chi connectivity index (χ0n) is 17.4. The van der Waals surface area contributed by atoms with Crippen LogP contribution in [0.4, 0.5) is 0 Å². The summed E-state index contributed by atoms with van der Waals surface area (Å²) in [6.45, 7) is 2.45. The number of nitrogens with one attached hydrogen (secondary N) is 1. The van der Waals surface area contributed by atoms with Crippen molar-refractivity contribution in [2.75, 3.05) is 32.9 Å². The van der Waals surface area contributed by atoms with Gasteiger partial charge in [-0.1, -0.05) is 40.2 Å². The van der Waals surface area contributed by atoms with E-state index in [1.807, 2.05) is 52.1 Å². The first-order valence-electron chi connectivity index (χ1n) is 10.2. The molecule has 0 saturated carbocycles. The van der Waals surface area contributed by atoms with Crippen LogP contribution in [0.3, 0.4) is 0 Å². The number of amides is 2. The number of carbonyl (C=O) groups excluding carboxylic acids is 2. The molecule has 0 atom stereocenters. The van der Waals surface area contributed by atoms with Crippen LogP contribution >= 0.6 is 15.9 Å². The van der Waals surface area contributed by atoms with E-state index < -0.39 is 0 Å². The van der Waals surface area contributed by atoms with Crippen molar-refractivity contribution < 1.29 is 19.1 Å². The first-order valence-corrected chi connectivity index (χ1v) is 11.0. The van der Waals surface area contributed by atoms with Gasteiger partial charge in [0.25, 0.3) is 5.91 Å². The summed E-state index contributed by atoms with van der Waals surface area (Å²) in [5.74, 6) is 0.273. The lowest BCUT2D eigenvalue weighted by Crippen LogP contribution is -2.42. The number of rotatable bonds is 7. The second-order valence-corrected chi connectivity index (χ2v) is 8.18. The van der Waals surface area contributed by atoms with Gasteiger partial charge in [-0.25, -0.2) is 5.43 Å². The molecule has 1 fully saturated rings. The minimum atomic E-state index is -0.368. The molecule has 8 nitrogen and oxygen atoms in total. The van der Waals surface area contributed by atoms with Gasteiger partial charge in [0.1, 0.15) is 12.3 Å². The van der Waals surface area contributed by atoms with Gasteiger partial charge in [-0.3, -0.25) is 9.59 Å². The van der Waals surface area contributed by atoms with E-state index in [9.17, 15) is 9.59 Å². The van der Waals surface area contributed by atoms with Crippen molar-refractivity contribution in [1.29, 1.82) is 0 Å². The topological polar surface area (TPSA) is 85.2 Å². The molecule has 1 aromatic heterocycles. The van der Waals surface area contributed by atoms with Gasteiger partial charge < -0.3 is 18.9 Å². The van der Waals surface area contributed by atoms with E-state index in [1.165, 1.54) is 0 Å². The number of aromatic nitrogens is 1. The van der Waals surface area contributed by atoms with E-state index in [2.05, 4.69) is 26.5 Å². The molecule has 0 radical (unpaired) electrons. The second-order valence-electron chi connectivity index (χ2n) is 7.26. The van der Waals surface area contributed by atoms with Gasteiger partial charge in [0.05, 0.1) is 19.4 Å². The normalized spacial score (nSPS) is 14.1. The van der Waals surface area contributed by atoms with Gasteiger partial charge >= 0.3 is 0 Å². The lowest BCUT2D eigenvalue weighted by atomic mass is 10.2. The summed E-state index contributed by atoms with van der Waals surface area (Å²) < 4.78 is 13.6. The number of hydrogen-bond donors (Lipinski definition) is 1. The van der Waals surface area contributed by atoms with Crippen LogP contribution in [0.1, 0.15) is 5.56 Å². The third-order valence-corrected chi connectivity index (χ3v) is 5.54. The van der Waals surface area contributed by atoms with Crippen LogP contribution in [0.2, 0.25) is 0 Å². The zero-order valence-corrected chi connectivity index (χ0v) is 19.0. The first-order chi connectivity index (χ1) is 15.6. The lowest BCUT2D eigenvalue weighted by Gasteiger charge is -2.27. The molecule has 2 amide bonds. The summed E-state index contributed by atoms with van der Waals surface area (Å²) in [6, 6.07) is 15.0. The third kappa shape index (κ3) is 5.54. The van der Waals surface area contributed by atoms with Crippen molar-refractivity contribution >= 4 is 44.9 Å². The van der Waals surface area contributed by atoms with Crippen LogP contribution in [-0.2, 0) is 20.9 Å². The van der Waals surface area contributed by atoms with Gasteiger partial charge in [0.15, 0.2) is 6.61 Å². The molecule has 9 heteroatoms. The summed E-state index contributed by atoms with van der Waals surface area (Å²) in [5.41, 5.74) is 4.22. The number of benzene rings is 2. The Morgan fingerprint density at radius 1 is 1.16 bits per heavy atom. The molecule has 1 aliphatic heterocycles. The van der Waals surface area contributed by atoms with Gasteiger partial charge in [0.2, 0.25) is 5.91 Å². The highest BCUT2D eigenvalue weighted by atomic mass is 79.9. The van der Waals surface area contributed by atoms with E-state index >= 15 is 0 Å². The maximum atomic E-state index is 12.7. The maximum Gasteiger partial charge on any atom is 0.277 e. The van der Waals surface area contributed by atoms with Crippen LogP contribution < -0.4 is 10.2 Å². The van der Waals surface area contributed by atoms with Crippen molar-refractivity contribution in [1.82, 2.24) is 14.9 Å². The number of fused-ring (bicyclic) bond motifs is 1. The molecular weight excluding hydrogens is 476 g/mol. The molecule has 166 valence electrons. The van der Waals surface area contributed by atoms with Crippen molar-refractivity contribution in [2.45, 2.75) is 6.54 Å². The molecule has 0 unspecified atom stereocenters. The number of halogens is 1. The molecule has 2 heterocycles. The molecule has 2 aromatic carbocycles. The third-order valence-electron chi connectivity index (χ3n) is 5.05. The molecule has 0 spiro atoms. The van der Waals surface area contributed by atoms with Crippen LogP contribution in [0.15, 0.2) is 64.3 Å². The van der Waals surface area contributed by atoms with E-state index in [0.29, 0.717) is 32.1 Å². The Morgan fingerprint density at radius 3 is 2.78 bits per heavy atom. The van der Waals surface area contributed by atoms with E-state index in [-0.39, 0.29) is 25.0 Å². The summed E-state index contributed by atoms with van der Waals surface area (Å²) in [7, 11) is 0. The fourth-order valence-electron chi connectivity index (χ4n) is 3.48. The van der Waals surface area contributed by atoms with Crippen molar-refractivity contribution in [3.8, 4) is 5.75 Å². The summed E-state index contributed by atoms with van der Waals surface area (Å²) in [6.07, 6.45) is 3.45. The van der Waals surface area contributed by atoms with E-state index in [0.717, 1.165) is 20.9 Å². The van der Waals surface area contributed by atoms with Crippen LogP contribution in [-0.4, -0.2) is 60.4 Å². The summed E-state index contributed by atoms with van der Waals surface area (Å²) in [5, 5.41) is 5.01. The van der Waals surface area contributed by atoms with Crippen LogP contribution in [0.25, 0.3) is 10.9 Å². The highest BCUT2D eigenvalue weighted by molar-refractivity contribution is 9.10. The smallest absolute Gasteiger partial charge is 0.277 e. The highest BCUT2D eigenvalue weighted by Gasteiger charge is 2.18. The Morgan fingerprint density at radius 2 is 1.97 bits per heavy atom. The number of ether oxygens (including phenoxy) is 2. The van der Waals surface area contributed by atoms with E-state index in [4.69, 9.17) is 9.47 Å². The lowest BCUT2D eigenvalue weighted by molar-refractivity contribution is -0.135. The minimum Gasteiger partial charge on any atom is -0.484 e. The number of morpholine rings is 1. The Bertz CT molecular complexity index is 1140. The maximum absolute atomic E-state index is 12.7. The molecule has 1 aliphatic rings. The van der Waals surface area contributed by atoms with Crippen molar-refractivity contribution in [3.63, 3.8) is 0 Å². The zero-order chi connectivity index (χ0) is 22.3. The Labute approximate surface area is 193 Å². The molecule has 4 rings (SSSR count). The summed E-state index contributed by atoms with van der Waals surface area (Å²) in [4.78, 5) is 26.5. The van der Waals surface area contributed by atoms with Gasteiger partial charge in [0, 0.05) is 40.2 Å². The van der Waals surface area contributed by atoms with Crippen molar-refractivity contribution in [2.24, 2.45) is 5.10 Å². The van der Waals surface area contributed by atoms with Crippen molar-refractivity contribution in [3.05, 3.63) is 64.8 Å². The standard InChI is InChI=1S/C23H23BrN4O4/c24-18-4-3-5-19(12-18)32-16-22(29)26-25-13-17-14-28(21-7-2-1-6-20(17)21)15-23(30)27-8-10-31-11-9-27/h1-7,12-14H,8-11,15-16H2,(H,26,29)/b25-13+. The molecule has 1 saturated heterocycles. The second kappa shape index (κ2) is 10.4. The predicted molar refractivity (Wildman–Crippen MR) is 125 cm³/mol. The monoisotopic (exact) mass is 498 g/mol. The highest BCUT2D eigenvalue weighted by Crippen LogP contribution is 2.20. The fourth-order valence-corrected chi connectivity index (χ4v) is 3.86. The minimum absolute atomic E-state index is 0.0514. The van der Waals surface area contributed by atoms with E-state index in [1.54, 1.807) is 18.3 Å². The van der Waals surface area contributed by atoms with Crippen LogP contribution in [0, 0.1) is 0 Å². The first kappa shape index (κ1) is 22.0. The number of nitrogens with zero attached hydrogens (tertiary/aromatic N) is 3. The van der Waals surface area contributed by atoms with Gasteiger partial charge in [-0.05, 0) is 24.3 Å². The van der Waals surface area contributed by atoms with Gasteiger partial charge in [-0.2, -0.15) is 5.10 Å². The number of carbonyl (C=O) groups is 2. The Hall–Kier alpha value is -3.17. The summed E-state index contributed by atoms with van der Waals surface area (Å²) >= 11 is 3.36. The average Bonchev–Trinajstić information content (AvgIpc) is 3.16. The molecule has 0 aliphatic carbocycles. The number of para-hydroxylation sites is 1. The molecule has 3 aromatic rings. The largest absolute Gasteiger partial charge is 0.484 e. The Kier molecular flexibility index (Phi) is 7.18. The molecule has 32 heavy (non-hydrogen) atoms. The quantitative estimate of drug-likeness (QED) is 0.400. The van der Waals surface area contributed by atoms with Crippen LogP contribution in [0.5, 0.6) is 5.75 Å². The number of hydrazone groups is 1. The molecule has 0 bridgehead atoms. The molecule has 1 N–H and O–H groups in total. The van der Waals surface area contributed by atoms with Gasteiger partial charge in [-0.15, -0.1) is 0 Å². The number of hydrogen-bond acceptors (Lipinski definition) is 5.